The highest BCUT2D eigenvalue weighted by atomic mass is 16.6. The molecule has 1 aromatic rings. The molecular weight excluding hydrogens is 400 g/mol. The molecular formula is C19H12N2O9. The zero-order valence-corrected chi connectivity index (χ0v) is 14.8. The first kappa shape index (κ1) is 19.1. The summed E-state index contributed by atoms with van der Waals surface area (Å²) in [5, 5.41) is 52.7. The first-order chi connectivity index (χ1) is 14.1. The first-order valence-corrected chi connectivity index (χ1v) is 8.43. The molecule has 0 aromatic heterocycles. The molecule has 11 heteroatoms. The average molecular weight is 412 g/mol. The smallest absolute Gasteiger partial charge is 0.270 e. The van der Waals surface area contributed by atoms with Gasteiger partial charge in [0.2, 0.25) is 0 Å². The van der Waals surface area contributed by atoms with Crippen molar-refractivity contribution in [3.63, 3.8) is 0 Å². The average Bonchev–Trinajstić information content (AvgIpc) is 2.69. The standard InChI is InChI=1S/C19H12N2O9/c20-19(28)12-15(24)9-4-8-10(16(25)11(9)17(26)18(12)27)14(23)6-2-1-5(21(29)30)3-7(6)13(8)22/h1-4,9,14,23,25-27H,(H2,20,28). The number of nitrogens with zero attached hydrogens (tertiary/aromatic N) is 1. The van der Waals surface area contributed by atoms with E-state index in [1.807, 2.05) is 0 Å². The van der Waals surface area contributed by atoms with Crippen molar-refractivity contribution in [2.75, 3.05) is 0 Å². The van der Waals surface area contributed by atoms with Crippen molar-refractivity contribution >= 4 is 23.2 Å². The molecule has 0 radical (unpaired) electrons. The molecule has 0 spiro atoms. The number of nitro groups is 1. The van der Waals surface area contributed by atoms with Crippen LogP contribution in [0.2, 0.25) is 0 Å². The van der Waals surface area contributed by atoms with Crippen molar-refractivity contribution in [1.29, 1.82) is 0 Å². The summed E-state index contributed by atoms with van der Waals surface area (Å²) in [6.07, 6.45) is -0.615. The van der Waals surface area contributed by atoms with E-state index in [-0.39, 0.29) is 22.3 Å². The Morgan fingerprint density at radius 2 is 1.73 bits per heavy atom. The van der Waals surface area contributed by atoms with E-state index in [9.17, 15) is 44.9 Å². The minimum Gasteiger partial charge on any atom is -0.507 e. The minimum absolute atomic E-state index is 0.0254. The van der Waals surface area contributed by atoms with E-state index in [1.54, 1.807) is 0 Å². The topological polar surface area (TPSA) is 201 Å². The van der Waals surface area contributed by atoms with Gasteiger partial charge in [0, 0.05) is 28.8 Å². The third-order valence-electron chi connectivity index (χ3n) is 5.24. The van der Waals surface area contributed by atoms with Crippen molar-refractivity contribution in [2.24, 2.45) is 11.7 Å². The third kappa shape index (κ3) is 2.32. The van der Waals surface area contributed by atoms with Crippen molar-refractivity contribution in [1.82, 2.24) is 0 Å². The van der Waals surface area contributed by atoms with E-state index < -0.39 is 68.5 Å². The highest BCUT2D eigenvalue weighted by Gasteiger charge is 2.47. The van der Waals surface area contributed by atoms with Crippen molar-refractivity contribution in [3.8, 4) is 0 Å². The molecule has 0 bridgehead atoms. The van der Waals surface area contributed by atoms with Gasteiger partial charge >= 0.3 is 0 Å². The van der Waals surface area contributed by atoms with Crippen LogP contribution in [0.4, 0.5) is 5.69 Å². The lowest BCUT2D eigenvalue weighted by Crippen LogP contribution is -2.36. The Kier molecular flexibility index (Phi) is 3.89. The fraction of sp³-hybridized carbons (Fsp3) is 0.105. The van der Waals surface area contributed by atoms with Gasteiger partial charge in [-0.1, -0.05) is 6.08 Å². The molecule has 2 unspecified atom stereocenters. The number of nitro benzene ring substituents is 1. The second-order valence-electron chi connectivity index (χ2n) is 6.80. The number of Topliss-reactive ketones (excluding diaryl/α,β-unsaturated/α-hetero) is 2. The van der Waals surface area contributed by atoms with E-state index >= 15 is 0 Å². The number of carbonyl (C=O) groups excluding carboxylic acids is 3. The summed E-state index contributed by atoms with van der Waals surface area (Å²) in [6, 6.07) is 3.19. The molecule has 6 N–H and O–H groups in total. The highest BCUT2D eigenvalue weighted by molar-refractivity contribution is 6.24. The van der Waals surface area contributed by atoms with E-state index in [0.717, 1.165) is 24.3 Å². The summed E-state index contributed by atoms with van der Waals surface area (Å²) in [7, 11) is 0. The summed E-state index contributed by atoms with van der Waals surface area (Å²) in [4.78, 5) is 47.4. The van der Waals surface area contributed by atoms with Gasteiger partial charge in [-0.05, 0) is 11.6 Å². The van der Waals surface area contributed by atoms with Gasteiger partial charge in [-0.25, -0.2) is 0 Å². The molecule has 11 nitrogen and oxygen atoms in total. The van der Waals surface area contributed by atoms with Gasteiger partial charge in [0.15, 0.2) is 23.1 Å². The molecule has 4 rings (SSSR count). The zero-order valence-electron chi connectivity index (χ0n) is 14.8. The molecule has 3 aliphatic carbocycles. The minimum atomic E-state index is -1.62. The number of benzene rings is 1. The summed E-state index contributed by atoms with van der Waals surface area (Å²) < 4.78 is 0. The van der Waals surface area contributed by atoms with Crippen LogP contribution in [0.3, 0.4) is 0 Å². The maximum atomic E-state index is 13.0. The molecule has 30 heavy (non-hydrogen) atoms. The Hall–Kier alpha value is -4.25. The Morgan fingerprint density at radius 3 is 2.33 bits per heavy atom. The second kappa shape index (κ2) is 6.12. The Bertz CT molecular complexity index is 1230. The number of hydrogen-bond donors (Lipinski definition) is 5. The van der Waals surface area contributed by atoms with Gasteiger partial charge in [-0.15, -0.1) is 0 Å². The summed E-state index contributed by atoms with van der Waals surface area (Å²) in [5.41, 5.74) is 2.37. The summed E-state index contributed by atoms with van der Waals surface area (Å²) in [5.74, 6) is -7.71. The predicted octanol–water partition coefficient (Wildman–Crippen LogP) is 0.885. The van der Waals surface area contributed by atoms with E-state index in [1.165, 1.54) is 0 Å². The maximum Gasteiger partial charge on any atom is 0.270 e. The van der Waals surface area contributed by atoms with Crippen LogP contribution in [0.15, 0.2) is 63.8 Å². The third-order valence-corrected chi connectivity index (χ3v) is 5.24. The molecule has 0 saturated carbocycles. The van der Waals surface area contributed by atoms with E-state index in [0.29, 0.717) is 0 Å². The summed E-state index contributed by atoms with van der Waals surface area (Å²) >= 11 is 0. The Labute approximate surface area is 166 Å². The molecule has 0 heterocycles. The van der Waals surface area contributed by atoms with Crippen LogP contribution in [0.1, 0.15) is 22.0 Å². The molecule has 1 amide bonds. The van der Waals surface area contributed by atoms with Gasteiger partial charge in [0.1, 0.15) is 17.4 Å². The van der Waals surface area contributed by atoms with Gasteiger partial charge in [0.25, 0.3) is 11.6 Å². The van der Waals surface area contributed by atoms with Crippen molar-refractivity contribution in [2.45, 2.75) is 6.10 Å². The number of nitrogens with two attached hydrogens (primary N) is 1. The Morgan fingerprint density at radius 1 is 1.07 bits per heavy atom. The quantitative estimate of drug-likeness (QED) is 0.265. The molecule has 2 atom stereocenters. The number of carbonyl (C=O) groups is 3. The number of amides is 1. The number of rotatable bonds is 2. The van der Waals surface area contributed by atoms with Crippen LogP contribution in [0.5, 0.6) is 0 Å². The largest absolute Gasteiger partial charge is 0.507 e. The van der Waals surface area contributed by atoms with Crippen molar-refractivity contribution < 1.29 is 39.7 Å². The predicted molar refractivity (Wildman–Crippen MR) is 97.1 cm³/mol. The van der Waals surface area contributed by atoms with Gasteiger partial charge in [0.05, 0.1) is 16.4 Å². The normalized spacial score (nSPS) is 23.0. The number of primary amides is 1. The lowest BCUT2D eigenvalue weighted by Gasteiger charge is -2.34. The molecule has 0 aliphatic heterocycles. The fourth-order valence-electron chi connectivity index (χ4n) is 3.85. The molecule has 152 valence electrons. The number of allylic oxidation sites excluding steroid dienone is 2. The van der Waals surface area contributed by atoms with Gasteiger partial charge < -0.3 is 26.2 Å². The molecule has 0 saturated heterocycles. The van der Waals surface area contributed by atoms with Crippen LogP contribution < -0.4 is 5.73 Å². The van der Waals surface area contributed by atoms with Crippen LogP contribution in [-0.2, 0) is 9.59 Å². The number of aliphatic hydroxyl groups excluding tert-OH is 4. The summed E-state index contributed by atoms with van der Waals surface area (Å²) in [6.45, 7) is 0. The lowest BCUT2D eigenvalue weighted by molar-refractivity contribution is -0.384. The maximum absolute atomic E-state index is 13.0. The number of hydrogen-bond acceptors (Lipinski definition) is 9. The van der Waals surface area contributed by atoms with Gasteiger partial charge in [-0.2, -0.15) is 0 Å². The Balaban J connectivity index is 1.99. The van der Waals surface area contributed by atoms with Crippen LogP contribution in [0, 0.1) is 16.0 Å². The number of fused-ring (bicyclic) bond motifs is 3. The number of ketones is 2. The molecule has 1 aromatic carbocycles. The first-order valence-electron chi connectivity index (χ1n) is 8.43. The fourth-order valence-corrected chi connectivity index (χ4v) is 3.85. The van der Waals surface area contributed by atoms with Crippen LogP contribution in [-0.4, -0.2) is 42.8 Å². The monoisotopic (exact) mass is 412 g/mol. The molecule has 0 fully saturated rings. The zero-order chi connectivity index (χ0) is 22.1. The SMILES string of the molecule is NC(=O)C1=C(O)C(O)=C2C(O)=C3C(=CC2C1=O)C(=O)c1cc([N+](=O)[O-])ccc1C3O. The highest BCUT2D eigenvalue weighted by Crippen LogP contribution is 2.48. The second-order valence-corrected chi connectivity index (χ2v) is 6.80. The van der Waals surface area contributed by atoms with E-state index in [4.69, 9.17) is 5.73 Å². The van der Waals surface area contributed by atoms with Crippen LogP contribution in [0.25, 0.3) is 0 Å². The van der Waals surface area contributed by atoms with Crippen molar-refractivity contribution in [3.05, 3.63) is 85.1 Å². The number of non-ortho nitro benzene ring substituents is 1. The number of aliphatic hydroxyl groups is 4. The lowest BCUT2D eigenvalue weighted by atomic mass is 9.70. The van der Waals surface area contributed by atoms with Gasteiger partial charge in [-0.3, -0.25) is 24.5 Å². The van der Waals surface area contributed by atoms with E-state index in [2.05, 4.69) is 0 Å². The van der Waals surface area contributed by atoms with Crippen LogP contribution >= 0.6 is 0 Å². The molecule has 3 aliphatic rings.